The molecule has 0 saturated carbocycles. The second kappa shape index (κ2) is 7.57. The highest BCUT2D eigenvalue weighted by Crippen LogP contribution is 2.34. The van der Waals surface area contributed by atoms with E-state index in [9.17, 15) is 13.6 Å². The fraction of sp³-hybridized carbons (Fsp3) is 0.273. The number of halogens is 2. The van der Waals surface area contributed by atoms with Crippen LogP contribution in [0.25, 0.3) is 22.4 Å². The third-order valence-corrected chi connectivity index (χ3v) is 5.47. The molecule has 1 aliphatic carbocycles. The lowest BCUT2D eigenvalue weighted by atomic mass is 10.0. The van der Waals surface area contributed by atoms with E-state index in [1.807, 2.05) is 37.3 Å². The van der Waals surface area contributed by atoms with Crippen molar-refractivity contribution in [2.75, 3.05) is 0 Å². The molecule has 2 aromatic carbocycles. The third kappa shape index (κ3) is 3.67. The number of hydrogen-bond donors (Lipinski definition) is 1. The van der Waals surface area contributed by atoms with Crippen molar-refractivity contribution in [2.24, 2.45) is 0 Å². The molecule has 0 aliphatic heterocycles. The van der Waals surface area contributed by atoms with Crippen molar-refractivity contribution in [1.29, 1.82) is 0 Å². The number of hydrogen-bond acceptors (Lipinski definition) is 6. The molecule has 2 heterocycles. The number of benzene rings is 2. The first-order valence-corrected chi connectivity index (χ1v) is 9.87. The molecule has 2 aromatic heterocycles. The predicted molar refractivity (Wildman–Crippen MR) is 106 cm³/mol. The van der Waals surface area contributed by atoms with Crippen LogP contribution in [0, 0.1) is 6.92 Å². The lowest BCUT2D eigenvalue weighted by Crippen LogP contribution is -2.28. The SMILES string of the molecule is Cc1ccc2onc(CC(=O)N[C@@H]3CCc4cc(-c5noc(C(F)F)n5)ccc43)c2c1. The summed E-state index contributed by atoms with van der Waals surface area (Å²) in [5.74, 6) is -0.714. The highest BCUT2D eigenvalue weighted by atomic mass is 19.3. The Morgan fingerprint density at radius 3 is 2.87 bits per heavy atom. The summed E-state index contributed by atoms with van der Waals surface area (Å²) in [5, 5.41) is 11.6. The number of amides is 1. The Morgan fingerprint density at radius 2 is 2.06 bits per heavy atom. The molecular weight excluding hydrogens is 406 g/mol. The molecule has 0 spiro atoms. The van der Waals surface area contributed by atoms with E-state index in [2.05, 4.69) is 25.1 Å². The Balaban J connectivity index is 1.30. The zero-order valence-corrected chi connectivity index (χ0v) is 16.6. The average molecular weight is 424 g/mol. The summed E-state index contributed by atoms with van der Waals surface area (Å²) in [6.07, 6.45) is -1.18. The predicted octanol–water partition coefficient (Wildman–Crippen LogP) is 4.47. The van der Waals surface area contributed by atoms with Crippen LogP contribution in [-0.4, -0.2) is 21.2 Å². The van der Waals surface area contributed by atoms with Gasteiger partial charge in [0, 0.05) is 10.9 Å². The van der Waals surface area contributed by atoms with Crippen LogP contribution in [-0.2, 0) is 17.6 Å². The first kappa shape index (κ1) is 19.3. The molecule has 158 valence electrons. The largest absolute Gasteiger partial charge is 0.356 e. The number of nitrogens with zero attached hydrogens (tertiary/aromatic N) is 3. The van der Waals surface area contributed by atoms with Crippen molar-refractivity contribution >= 4 is 16.9 Å². The Labute approximate surface area is 175 Å². The fourth-order valence-corrected chi connectivity index (χ4v) is 3.97. The molecule has 0 saturated heterocycles. The topological polar surface area (TPSA) is 94.1 Å². The molecule has 1 N–H and O–H groups in total. The highest BCUT2D eigenvalue weighted by molar-refractivity contribution is 5.86. The lowest BCUT2D eigenvalue weighted by molar-refractivity contribution is -0.121. The van der Waals surface area contributed by atoms with Gasteiger partial charge >= 0.3 is 6.43 Å². The molecule has 0 unspecified atom stereocenters. The van der Waals surface area contributed by atoms with Gasteiger partial charge < -0.3 is 14.4 Å². The van der Waals surface area contributed by atoms with Crippen molar-refractivity contribution in [1.82, 2.24) is 20.6 Å². The Bertz CT molecular complexity index is 1280. The normalized spacial score (nSPS) is 15.5. The van der Waals surface area contributed by atoms with Crippen LogP contribution >= 0.6 is 0 Å². The number of carbonyl (C=O) groups is 1. The number of carbonyl (C=O) groups excluding carboxylic acids is 1. The van der Waals surface area contributed by atoms with Crippen molar-refractivity contribution in [3.05, 3.63) is 64.7 Å². The number of aryl methyl sites for hydroxylation is 2. The van der Waals surface area contributed by atoms with Gasteiger partial charge in [0.25, 0.3) is 5.89 Å². The maximum absolute atomic E-state index is 12.7. The molecule has 0 fully saturated rings. The van der Waals surface area contributed by atoms with E-state index in [0.29, 0.717) is 16.8 Å². The molecule has 9 heteroatoms. The Hall–Kier alpha value is -3.62. The molecule has 1 amide bonds. The first-order valence-electron chi connectivity index (χ1n) is 9.87. The van der Waals surface area contributed by atoms with Gasteiger partial charge in [-0.05, 0) is 49.1 Å². The molecule has 7 nitrogen and oxygen atoms in total. The van der Waals surface area contributed by atoms with Crippen LogP contribution in [0.15, 0.2) is 45.4 Å². The maximum atomic E-state index is 12.7. The summed E-state index contributed by atoms with van der Waals surface area (Å²) in [4.78, 5) is 16.4. The van der Waals surface area contributed by atoms with Crippen molar-refractivity contribution in [2.45, 2.75) is 38.7 Å². The Morgan fingerprint density at radius 1 is 1.19 bits per heavy atom. The molecule has 31 heavy (non-hydrogen) atoms. The Kier molecular flexibility index (Phi) is 4.72. The minimum absolute atomic E-state index is 0.124. The molecule has 0 bridgehead atoms. The van der Waals surface area contributed by atoms with Gasteiger partial charge in [0.15, 0.2) is 5.58 Å². The molecule has 4 aromatic rings. The second-order valence-corrected chi connectivity index (χ2v) is 7.63. The van der Waals surface area contributed by atoms with E-state index < -0.39 is 12.3 Å². The number of aromatic nitrogens is 3. The van der Waals surface area contributed by atoms with Gasteiger partial charge in [0.05, 0.1) is 12.5 Å². The van der Waals surface area contributed by atoms with Crippen LogP contribution in [0.3, 0.4) is 0 Å². The molecule has 1 aliphatic rings. The zero-order valence-electron chi connectivity index (χ0n) is 16.6. The summed E-state index contributed by atoms with van der Waals surface area (Å²) in [5.41, 5.74) is 4.95. The van der Waals surface area contributed by atoms with Crippen LogP contribution in [0.5, 0.6) is 0 Å². The van der Waals surface area contributed by atoms with E-state index in [0.717, 1.165) is 34.9 Å². The van der Waals surface area contributed by atoms with Crippen molar-refractivity contribution < 1.29 is 22.6 Å². The van der Waals surface area contributed by atoms with Gasteiger partial charge in [-0.25, -0.2) is 0 Å². The molecule has 5 rings (SSSR count). The number of nitrogens with one attached hydrogen (secondary N) is 1. The van der Waals surface area contributed by atoms with Gasteiger partial charge in [-0.15, -0.1) is 0 Å². The summed E-state index contributed by atoms with van der Waals surface area (Å²) >= 11 is 0. The van der Waals surface area contributed by atoms with Gasteiger partial charge in [0.1, 0.15) is 5.69 Å². The molecular formula is C22H18F2N4O3. The van der Waals surface area contributed by atoms with Gasteiger partial charge in [-0.3, -0.25) is 4.79 Å². The van der Waals surface area contributed by atoms with E-state index in [1.165, 1.54) is 0 Å². The fourth-order valence-electron chi connectivity index (χ4n) is 3.97. The quantitative estimate of drug-likeness (QED) is 0.508. The van der Waals surface area contributed by atoms with E-state index >= 15 is 0 Å². The standard InChI is InChI=1S/C22H18F2N4O3/c1-11-2-7-18-15(8-11)17(27-30-18)10-19(29)25-16-6-4-12-9-13(3-5-14(12)16)21-26-22(20(23)24)31-28-21/h2-3,5,7-9,16,20H,4,6,10H2,1H3,(H,25,29)/t16-/m1/s1. The van der Waals surface area contributed by atoms with Crippen molar-refractivity contribution in [3.63, 3.8) is 0 Å². The summed E-state index contributed by atoms with van der Waals surface area (Å²) in [6, 6.07) is 11.1. The summed E-state index contributed by atoms with van der Waals surface area (Å²) in [7, 11) is 0. The van der Waals surface area contributed by atoms with Crippen LogP contribution < -0.4 is 5.32 Å². The molecule has 0 radical (unpaired) electrons. The maximum Gasteiger partial charge on any atom is 0.315 e. The zero-order chi connectivity index (χ0) is 21.5. The van der Waals surface area contributed by atoms with Gasteiger partial charge in [0.2, 0.25) is 11.7 Å². The second-order valence-electron chi connectivity index (χ2n) is 7.63. The van der Waals surface area contributed by atoms with E-state index in [-0.39, 0.29) is 24.2 Å². The summed E-state index contributed by atoms with van der Waals surface area (Å²) < 4.78 is 35.3. The molecule has 1 atom stereocenters. The van der Waals surface area contributed by atoms with Gasteiger partial charge in [-0.1, -0.05) is 34.1 Å². The monoisotopic (exact) mass is 424 g/mol. The number of alkyl halides is 2. The average Bonchev–Trinajstić information content (AvgIpc) is 3.47. The minimum Gasteiger partial charge on any atom is -0.356 e. The number of rotatable bonds is 5. The third-order valence-electron chi connectivity index (χ3n) is 5.47. The van der Waals surface area contributed by atoms with Crippen LogP contribution in [0.1, 0.15) is 47.2 Å². The summed E-state index contributed by atoms with van der Waals surface area (Å²) in [6.45, 7) is 1.98. The van der Waals surface area contributed by atoms with E-state index in [4.69, 9.17) is 4.52 Å². The smallest absolute Gasteiger partial charge is 0.315 e. The first-order chi connectivity index (χ1) is 15.0. The van der Waals surface area contributed by atoms with Crippen molar-refractivity contribution in [3.8, 4) is 11.4 Å². The number of fused-ring (bicyclic) bond motifs is 2. The van der Waals surface area contributed by atoms with Crippen LogP contribution in [0.4, 0.5) is 8.78 Å². The minimum atomic E-state index is -2.80. The van der Waals surface area contributed by atoms with E-state index in [1.54, 1.807) is 6.07 Å². The van der Waals surface area contributed by atoms with Gasteiger partial charge in [-0.2, -0.15) is 13.8 Å². The van der Waals surface area contributed by atoms with Crippen LogP contribution in [0.2, 0.25) is 0 Å². The highest BCUT2D eigenvalue weighted by Gasteiger charge is 2.26. The lowest BCUT2D eigenvalue weighted by Gasteiger charge is -2.14.